The van der Waals surface area contributed by atoms with Crippen LogP contribution in [0.2, 0.25) is 0 Å². The van der Waals surface area contributed by atoms with E-state index in [-0.39, 0.29) is 72.2 Å². The van der Waals surface area contributed by atoms with Crippen molar-refractivity contribution in [2.45, 2.75) is 40.5 Å². The van der Waals surface area contributed by atoms with Crippen LogP contribution >= 0.6 is 0 Å². The standard InChI is InChI=1S/C40H38N4O10/c1-7-13-23-21-32(36-44-42-34(54-36)26-17-29(39(47)51-11-5)20-30(18-26)40(48)52-12-6)24(14-8-2)22-31(23)35-43-41-33(53-35)25-15-27(37(45)49-9-3)19-28(16-25)38(46)50-10-4/h7-8,15-22H,1-2,9-14H2,3-6H3. The third-order valence-corrected chi connectivity index (χ3v) is 7.77. The third kappa shape index (κ3) is 8.66. The predicted molar refractivity (Wildman–Crippen MR) is 196 cm³/mol. The lowest BCUT2D eigenvalue weighted by Crippen LogP contribution is -2.09. The van der Waals surface area contributed by atoms with Crippen molar-refractivity contribution in [1.82, 2.24) is 20.4 Å². The molecule has 0 aliphatic heterocycles. The topological polar surface area (TPSA) is 183 Å². The Morgan fingerprint density at radius 1 is 0.500 bits per heavy atom. The van der Waals surface area contributed by atoms with Crippen LogP contribution in [0, 0.1) is 0 Å². The highest BCUT2D eigenvalue weighted by molar-refractivity contribution is 5.98. The van der Waals surface area contributed by atoms with E-state index in [9.17, 15) is 19.2 Å². The Kier molecular flexibility index (Phi) is 12.6. The summed E-state index contributed by atoms with van der Waals surface area (Å²) < 4.78 is 32.9. The number of rotatable bonds is 16. The highest BCUT2D eigenvalue weighted by Crippen LogP contribution is 2.35. The molecule has 0 aliphatic rings. The number of esters is 4. The van der Waals surface area contributed by atoms with Gasteiger partial charge in [0.05, 0.1) is 48.7 Å². The number of hydrogen-bond donors (Lipinski definition) is 0. The molecule has 0 fully saturated rings. The van der Waals surface area contributed by atoms with E-state index in [0.717, 1.165) is 11.1 Å². The van der Waals surface area contributed by atoms with Crippen molar-refractivity contribution in [3.8, 4) is 45.8 Å². The summed E-state index contributed by atoms with van der Waals surface area (Å²) in [7, 11) is 0. The molecule has 3 aromatic carbocycles. The lowest BCUT2D eigenvalue weighted by molar-refractivity contribution is 0.0506. The molecule has 14 nitrogen and oxygen atoms in total. The largest absolute Gasteiger partial charge is 0.462 e. The van der Waals surface area contributed by atoms with Gasteiger partial charge in [0.15, 0.2) is 0 Å². The van der Waals surface area contributed by atoms with Crippen molar-refractivity contribution in [3.05, 3.63) is 107 Å². The molecular formula is C40H38N4O10. The van der Waals surface area contributed by atoms with Crippen molar-refractivity contribution < 1.29 is 47.0 Å². The van der Waals surface area contributed by atoms with Crippen LogP contribution in [0.4, 0.5) is 0 Å². The van der Waals surface area contributed by atoms with Gasteiger partial charge >= 0.3 is 23.9 Å². The molecule has 0 spiro atoms. The molecule has 54 heavy (non-hydrogen) atoms. The smallest absolute Gasteiger partial charge is 0.338 e. The van der Waals surface area contributed by atoms with Gasteiger partial charge in [-0.25, -0.2) is 19.2 Å². The number of allylic oxidation sites excluding steroid dienone is 2. The monoisotopic (exact) mass is 734 g/mol. The molecule has 0 N–H and O–H groups in total. The van der Waals surface area contributed by atoms with Crippen LogP contribution in [-0.4, -0.2) is 70.7 Å². The van der Waals surface area contributed by atoms with Gasteiger partial charge in [0.25, 0.3) is 0 Å². The Hall–Kier alpha value is -6.70. The highest BCUT2D eigenvalue weighted by Gasteiger charge is 2.24. The maximum absolute atomic E-state index is 12.7. The number of carbonyl (C=O) groups excluding carboxylic acids is 4. The van der Waals surface area contributed by atoms with E-state index < -0.39 is 23.9 Å². The van der Waals surface area contributed by atoms with Crippen LogP contribution in [0.1, 0.15) is 80.3 Å². The number of ether oxygens (including phenoxy) is 4. The number of carbonyl (C=O) groups is 4. The molecular weight excluding hydrogens is 696 g/mol. The summed E-state index contributed by atoms with van der Waals surface area (Å²) in [6.45, 7) is 15.1. The van der Waals surface area contributed by atoms with Gasteiger partial charge in [-0.05, 0) is 100 Å². The summed E-state index contributed by atoms with van der Waals surface area (Å²) >= 11 is 0. The molecule has 0 unspecified atom stereocenters. The Labute approximate surface area is 310 Å². The molecule has 278 valence electrons. The molecule has 2 heterocycles. The summed E-state index contributed by atoms with van der Waals surface area (Å²) in [6.07, 6.45) is 4.17. The first-order chi connectivity index (χ1) is 26.1. The first kappa shape index (κ1) is 38.5. The molecule has 5 rings (SSSR count). The van der Waals surface area contributed by atoms with Crippen LogP contribution in [0.3, 0.4) is 0 Å². The Morgan fingerprint density at radius 3 is 1.07 bits per heavy atom. The number of aromatic nitrogens is 4. The summed E-state index contributed by atoms with van der Waals surface area (Å²) in [6, 6.07) is 12.5. The molecule has 0 aliphatic carbocycles. The van der Waals surface area contributed by atoms with Crippen LogP contribution in [0.5, 0.6) is 0 Å². The fourth-order valence-electron chi connectivity index (χ4n) is 5.47. The van der Waals surface area contributed by atoms with Gasteiger partial charge in [-0.15, -0.1) is 33.6 Å². The number of nitrogens with zero attached hydrogens (tertiary/aromatic N) is 4. The summed E-state index contributed by atoms with van der Waals surface area (Å²) in [5, 5.41) is 17.1. The molecule has 0 saturated carbocycles. The van der Waals surface area contributed by atoms with E-state index in [1.165, 1.54) is 36.4 Å². The van der Waals surface area contributed by atoms with Gasteiger partial charge in [-0.2, -0.15) is 0 Å². The lowest BCUT2D eigenvalue weighted by Gasteiger charge is -2.11. The molecule has 0 amide bonds. The van der Waals surface area contributed by atoms with Crippen molar-refractivity contribution >= 4 is 23.9 Å². The molecule has 0 radical (unpaired) electrons. The summed E-state index contributed by atoms with van der Waals surface area (Å²) in [5.74, 6) is -2.09. The minimum atomic E-state index is -0.627. The van der Waals surface area contributed by atoms with Crippen LogP contribution in [0.15, 0.2) is 82.7 Å². The maximum atomic E-state index is 12.7. The predicted octanol–water partition coefficient (Wildman–Crippen LogP) is 7.28. The van der Waals surface area contributed by atoms with E-state index >= 15 is 0 Å². The lowest BCUT2D eigenvalue weighted by atomic mass is 9.94. The van der Waals surface area contributed by atoms with Crippen LogP contribution in [-0.2, 0) is 31.8 Å². The average Bonchev–Trinajstić information content (AvgIpc) is 3.87. The van der Waals surface area contributed by atoms with E-state index in [4.69, 9.17) is 27.8 Å². The quantitative estimate of drug-likeness (QED) is 0.0559. The Morgan fingerprint density at radius 2 is 0.796 bits per heavy atom. The maximum Gasteiger partial charge on any atom is 0.338 e. The number of hydrogen-bond acceptors (Lipinski definition) is 14. The average molecular weight is 735 g/mol. The van der Waals surface area contributed by atoms with Gasteiger partial charge < -0.3 is 27.8 Å². The normalized spacial score (nSPS) is 10.7. The molecule has 14 heteroatoms. The summed E-state index contributed by atoms with van der Waals surface area (Å²) in [4.78, 5) is 50.6. The second-order valence-corrected chi connectivity index (χ2v) is 11.5. The first-order valence-electron chi connectivity index (χ1n) is 17.2. The number of benzene rings is 3. The minimum Gasteiger partial charge on any atom is -0.462 e. The van der Waals surface area contributed by atoms with Gasteiger partial charge in [-0.1, -0.05) is 12.2 Å². The van der Waals surface area contributed by atoms with Crippen LogP contribution < -0.4 is 0 Å². The Bertz CT molecular complexity index is 1990. The van der Waals surface area contributed by atoms with Gasteiger partial charge in [0.2, 0.25) is 23.6 Å². The minimum absolute atomic E-state index is 0.0503. The third-order valence-electron chi connectivity index (χ3n) is 7.77. The van der Waals surface area contributed by atoms with E-state index in [0.29, 0.717) is 35.1 Å². The van der Waals surface area contributed by atoms with Crippen molar-refractivity contribution in [1.29, 1.82) is 0 Å². The highest BCUT2D eigenvalue weighted by atomic mass is 16.5. The zero-order valence-corrected chi connectivity index (χ0v) is 30.3. The second-order valence-electron chi connectivity index (χ2n) is 11.5. The van der Waals surface area contributed by atoms with E-state index in [1.54, 1.807) is 39.8 Å². The summed E-state index contributed by atoms with van der Waals surface area (Å²) in [5.41, 5.74) is 3.71. The zero-order valence-electron chi connectivity index (χ0n) is 30.3. The Balaban J connectivity index is 1.57. The molecule has 0 bridgehead atoms. The van der Waals surface area contributed by atoms with E-state index in [1.807, 2.05) is 12.1 Å². The van der Waals surface area contributed by atoms with Gasteiger partial charge in [0, 0.05) is 22.3 Å². The fourth-order valence-corrected chi connectivity index (χ4v) is 5.47. The van der Waals surface area contributed by atoms with E-state index in [2.05, 4.69) is 33.6 Å². The molecule has 2 aromatic heterocycles. The van der Waals surface area contributed by atoms with Crippen molar-refractivity contribution in [2.75, 3.05) is 26.4 Å². The zero-order chi connectivity index (χ0) is 38.8. The second kappa shape index (κ2) is 17.7. The van der Waals surface area contributed by atoms with Gasteiger partial charge in [0.1, 0.15) is 0 Å². The fraction of sp³-hybridized carbons (Fsp3) is 0.250. The van der Waals surface area contributed by atoms with Crippen molar-refractivity contribution in [3.63, 3.8) is 0 Å². The molecule has 5 aromatic rings. The molecule has 0 saturated heterocycles. The van der Waals surface area contributed by atoms with Gasteiger partial charge in [-0.3, -0.25) is 0 Å². The van der Waals surface area contributed by atoms with Crippen LogP contribution in [0.25, 0.3) is 45.8 Å². The molecule has 0 atom stereocenters. The van der Waals surface area contributed by atoms with Crippen molar-refractivity contribution in [2.24, 2.45) is 0 Å². The first-order valence-corrected chi connectivity index (χ1v) is 17.2. The SMILES string of the molecule is C=CCc1cc(-c2nnc(-c3cc(C(=O)OCC)cc(C(=O)OCC)c3)o2)c(CC=C)cc1-c1nnc(-c2cc(C(=O)OCC)cc(C(=O)OCC)c2)o1.